The van der Waals surface area contributed by atoms with Crippen molar-refractivity contribution < 1.29 is 24.2 Å². The first-order chi connectivity index (χ1) is 11.1. The molecule has 1 amide bonds. The van der Waals surface area contributed by atoms with E-state index >= 15 is 0 Å². The van der Waals surface area contributed by atoms with Crippen molar-refractivity contribution in [1.82, 2.24) is 5.32 Å². The quantitative estimate of drug-likeness (QED) is 0.887. The maximum absolute atomic E-state index is 12.1. The Morgan fingerprint density at radius 2 is 1.96 bits per heavy atom. The summed E-state index contributed by atoms with van der Waals surface area (Å²) in [5.74, 6) is -0.408. The van der Waals surface area contributed by atoms with Crippen molar-refractivity contribution in [3.8, 4) is 5.75 Å². The number of fused-ring (bicyclic) bond motifs is 1. The minimum Gasteiger partial charge on any atom is -0.487 e. The van der Waals surface area contributed by atoms with Crippen LogP contribution >= 0.6 is 0 Å². The first kappa shape index (κ1) is 15.8. The zero-order valence-electron chi connectivity index (χ0n) is 12.9. The first-order valence-electron chi connectivity index (χ1n) is 7.95. The van der Waals surface area contributed by atoms with E-state index in [9.17, 15) is 9.59 Å². The second kappa shape index (κ2) is 6.58. The van der Waals surface area contributed by atoms with Gasteiger partial charge in [-0.3, -0.25) is 9.59 Å². The zero-order chi connectivity index (χ0) is 16.3. The predicted octanol–water partition coefficient (Wildman–Crippen LogP) is 2.04. The van der Waals surface area contributed by atoms with E-state index in [1.807, 2.05) is 24.3 Å². The fraction of sp³-hybridized carbons (Fsp3) is 0.529. The van der Waals surface area contributed by atoms with Crippen molar-refractivity contribution >= 4 is 11.9 Å². The third-order valence-electron chi connectivity index (χ3n) is 4.50. The molecule has 0 aromatic heterocycles. The van der Waals surface area contributed by atoms with Crippen LogP contribution in [0.15, 0.2) is 24.3 Å². The summed E-state index contributed by atoms with van der Waals surface area (Å²) in [4.78, 5) is 22.7. The van der Waals surface area contributed by atoms with Gasteiger partial charge in [0.15, 0.2) is 0 Å². The molecule has 0 saturated carbocycles. The highest BCUT2D eigenvalue weighted by Crippen LogP contribution is 2.43. The number of carbonyl (C=O) groups excluding carboxylic acids is 1. The number of benzene rings is 1. The monoisotopic (exact) mass is 319 g/mol. The van der Waals surface area contributed by atoms with Gasteiger partial charge in [0.1, 0.15) is 11.4 Å². The molecule has 1 saturated heterocycles. The predicted molar refractivity (Wildman–Crippen MR) is 82.2 cm³/mol. The molecule has 1 spiro atoms. The SMILES string of the molecule is O=C(O)CCC(=O)N[C@@H]1CC2(CCOCC2)Oc2ccccc21. The van der Waals surface area contributed by atoms with Crippen molar-refractivity contribution in [2.75, 3.05) is 13.2 Å². The normalized spacial score (nSPS) is 22.0. The number of nitrogens with one attached hydrogen (secondary N) is 1. The number of para-hydroxylation sites is 1. The molecule has 0 radical (unpaired) electrons. The van der Waals surface area contributed by atoms with Gasteiger partial charge in [-0.1, -0.05) is 18.2 Å². The molecular weight excluding hydrogens is 298 g/mol. The number of amides is 1. The highest BCUT2D eigenvalue weighted by Gasteiger charge is 2.42. The zero-order valence-corrected chi connectivity index (χ0v) is 12.9. The summed E-state index contributed by atoms with van der Waals surface area (Å²) < 4.78 is 11.7. The topological polar surface area (TPSA) is 84.9 Å². The highest BCUT2D eigenvalue weighted by molar-refractivity contribution is 5.81. The second-order valence-electron chi connectivity index (χ2n) is 6.15. The van der Waals surface area contributed by atoms with Crippen LogP contribution in [0, 0.1) is 0 Å². The van der Waals surface area contributed by atoms with Gasteiger partial charge in [-0.15, -0.1) is 0 Å². The maximum Gasteiger partial charge on any atom is 0.303 e. The molecule has 2 heterocycles. The molecule has 2 N–H and O–H groups in total. The second-order valence-corrected chi connectivity index (χ2v) is 6.15. The molecule has 0 aliphatic carbocycles. The van der Waals surface area contributed by atoms with Crippen LogP contribution < -0.4 is 10.1 Å². The molecule has 124 valence electrons. The molecule has 6 nitrogen and oxygen atoms in total. The smallest absolute Gasteiger partial charge is 0.303 e. The lowest BCUT2D eigenvalue weighted by Crippen LogP contribution is -2.48. The summed E-state index contributed by atoms with van der Waals surface area (Å²) in [6.45, 7) is 1.31. The number of carboxylic acids is 1. The number of rotatable bonds is 4. The van der Waals surface area contributed by atoms with Crippen molar-refractivity contribution in [1.29, 1.82) is 0 Å². The van der Waals surface area contributed by atoms with E-state index < -0.39 is 5.97 Å². The van der Waals surface area contributed by atoms with E-state index in [0.29, 0.717) is 19.6 Å². The Morgan fingerprint density at radius 3 is 2.70 bits per heavy atom. The molecule has 23 heavy (non-hydrogen) atoms. The van der Waals surface area contributed by atoms with Crippen molar-refractivity contribution in [2.24, 2.45) is 0 Å². The van der Waals surface area contributed by atoms with Crippen molar-refractivity contribution in [3.63, 3.8) is 0 Å². The summed E-state index contributed by atoms with van der Waals surface area (Å²) in [5, 5.41) is 11.7. The van der Waals surface area contributed by atoms with Crippen LogP contribution in [0.5, 0.6) is 5.75 Å². The van der Waals surface area contributed by atoms with E-state index in [1.54, 1.807) is 0 Å². The lowest BCUT2D eigenvalue weighted by Gasteiger charge is -2.44. The van der Waals surface area contributed by atoms with Crippen LogP contribution in [-0.4, -0.2) is 35.8 Å². The Hall–Kier alpha value is -2.08. The average Bonchev–Trinajstić information content (AvgIpc) is 2.53. The third kappa shape index (κ3) is 3.64. The number of hydrogen-bond acceptors (Lipinski definition) is 4. The molecule has 1 aromatic rings. The summed E-state index contributed by atoms with van der Waals surface area (Å²) >= 11 is 0. The molecule has 2 aliphatic heterocycles. The summed E-state index contributed by atoms with van der Waals surface area (Å²) in [6.07, 6.45) is 2.11. The van der Waals surface area contributed by atoms with E-state index in [2.05, 4.69) is 5.32 Å². The largest absolute Gasteiger partial charge is 0.487 e. The van der Waals surface area contributed by atoms with Gasteiger partial charge in [0, 0.05) is 31.2 Å². The molecular formula is C17H21NO5. The Bertz CT molecular complexity index is 594. The van der Waals surface area contributed by atoms with E-state index in [1.165, 1.54) is 0 Å². The van der Waals surface area contributed by atoms with Crippen LogP contribution in [0.4, 0.5) is 0 Å². The van der Waals surface area contributed by atoms with Gasteiger partial charge in [-0.05, 0) is 6.07 Å². The van der Waals surface area contributed by atoms with Gasteiger partial charge in [-0.2, -0.15) is 0 Å². The Balaban J connectivity index is 1.77. The fourth-order valence-electron chi connectivity index (χ4n) is 3.28. The summed E-state index contributed by atoms with van der Waals surface area (Å²) in [7, 11) is 0. The highest BCUT2D eigenvalue weighted by atomic mass is 16.5. The van der Waals surface area contributed by atoms with Gasteiger partial charge < -0.3 is 19.9 Å². The molecule has 1 atom stereocenters. The molecule has 2 aliphatic rings. The Kier molecular flexibility index (Phi) is 4.52. The number of carboxylic acid groups (broad SMARTS) is 1. The van der Waals surface area contributed by atoms with Crippen molar-refractivity contribution in [3.05, 3.63) is 29.8 Å². The van der Waals surface area contributed by atoms with E-state index in [0.717, 1.165) is 24.2 Å². The minimum absolute atomic E-state index is 0.00896. The molecule has 6 heteroatoms. The maximum atomic E-state index is 12.1. The van der Waals surface area contributed by atoms with Crippen LogP contribution in [-0.2, 0) is 14.3 Å². The lowest BCUT2D eigenvalue weighted by atomic mass is 9.82. The number of ether oxygens (including phenoxy) is 2. The number of aliphatic carboxylic acids is 1. The van der Waals surface area contributed by atoms with Gasteiger partial charge in [0.2, 0.25) is 5.91 Å². The summed E-state index contributed by atoms with van der Waals surface area (Å²) in [6, 6.07) is 7.55. The standard InChI is InChI=1S/C17H21NO5/c19-15(5-6-16(20)21)18-13-11-17(7-9-22-10-8-17)23-14-4-2-1-3-12(13)14/h1-4,13H,5-11H2,(H,18,19)(H,20,21)/t13-/m1/s1. The minimum atomic E-state index is -0.964. The Labute approximate surface area is 134 Å². The van der Waals surface area contributed by atoms with E-state index in [-0.39, 0.29) is 30.4 Å². The van der Waals surface area contributed by atoms with Crippen LogP contribution in [0.3, 0.4) is 0 Å². The Morgan fingerprint density at radius 1 is 1.22 bits per heavy atom. The molecule has 1 fully saturated rings. The fourth-order valence-corrected chi connectivity index (χ4v) is 3.28. The van der Waals surface area contributed by atoms with Gasteiger partial charge in [0.05, 0.1) is 25.7 Å². The van der Waals surface area contributed by atoms with Crippen molar-refractivity contribution in [2.45, 2.75) is 43.7 Å². The average molecular weight is 319 g/mol. The summed E-state index contributed by atoms with van der Waals surface area (Å²) in [5.41, 5.74) is 0.644. The molecule has 0 bridgehead atoms. The lowest BCUT2D eigenvalue weighted by molar-refractivity contribution is -0.139. The molecule has 0 unspecified atom stereocenters. The van der Waals surface area contributed by atoms with Crippen LogP contribution in [0.25, 0.3) is 0 Å². The van der Waals surface area contributed by atoms with Gasteiger partial charge >= 0.3 is 5.97 Å². The first-order valence-corrected chi connectivity index (χ1v) is 7.95. The number of carbonyl (C=O) groups is 2. The molecule has 3 rings (SSSR count). The van der Waals surface area contributed by atoms with Crippen LogP contribution in [0.1, 0.15) is 43.7 Å². The molecule has 1 aromatic carbocycles. The van der Waals surface area contributed by atoms with E-state index in [4.69, 9.17) is 14.6 Å². The number of hydrogen-bond donors (Lipinski definition) is 2. The van der Waals surface area contributed by atoms with Crippen LogP contribution in [0.2, 0.25) is 0 Å². The third-order valence-corrected chi connectivity index (χ3v) is 4.50. The van der Waals surface area contributed by atoms with Gasteiger partial charge in [0.25, 0.3) is 0 Å². The van der Waals surface area contributed by atoms with Gasteiger partial charge in [-0.25, -0.2) is 0 Å².